The molecule has 5 nitrogen and oxygen atoms in total. The van der Waals surface area contributed by atoms with Crippen LogP contribution in [-0.4, -0.2) is 32.8 Å². The van der Waals surface area contributed by atoms with Crippen LogP contribution in [0.15, 0.2) is 29.2 Å². The predicted molar refractivity (Wildman–Crippen MR) is 74.2 cm³/mol. The lowest BCUT2D eigenvalue weighted by Crippen LogP contribution is -2.28. The molecular formula is C13H20N2O3S. The molecule has 1 amide bonds. The Kier molecular flexibility index (Phi) is 5.08. The van der Waals surface area contributed by atoms with Crippen LogP contribution in [0, 0.1) is 5.92 Å². The van der Waals surface area contributed by atoms with Gasteiger partial charge in [-0.3, -0.25) is 4.79 Å². The highest BCUT2D eigenvalue weighted by molar-refractivity contribution is 7.89. The third-order valence-electron chi connectivity index (χ3n) is 2.80. The van der Waals surface area contributed by atoms with Gasteiger partial charge in [0.1, 0.15) is 0 Å². The summed E-state index contributed by atoms with van der Waals surface area (Å²) in [7, 11) is -2.08. The van der Waals surface area contributed by atoms with E-state index in [9.17, 15) is 13.2 Å². The number of hydrogen-bond donors (Lipinski definition) is 1. The fraction of sp³-hybridized carbons (Fsp3) is 0.462. The molecule has 0 bridgehead atoms. The molecule has 0 saturated heterocycles. The lowest BCUT2D eigenvalue weighted by molar-refractivity contribution is 0.0789. The van der Waals surface area contributed by atoms with Crippen molar-refractivity contribution in [3.63, 3.8) is 0 Å². The van der Waals surface area contributed by atoms with Crippen molar-refractivity contribution in [2.24, 2.45) is 11.1 Å². The van der Waals surface area contributed by atoms with Crippen molar-refractivity contribution in [1.82, 2.24) is 4.90 Å². The Balaban J connectivity index is 2.88. The lowest BCUT2D eigenvalue weighted by atomic mass is 10.1. The standard InChI is InChI=1S/C13H20N2O3S/c1-10(2)7-8-15(3)13(16)11-5-4-6-12(9-11)19(14,17)18/h4-6,9-10H,7-8H2,1-3H3,(H2,14,17,18). The number of carbonyl (C=O) groups excluding carboxylic acids is 1. The zero-order valence-electron chi connectivity index (χ0n) is 11.5. The summed E-state index contributed by atoms with van der Waals surface area (Å²) in [6, 6.07) is 5.79. The SMILES string of the molecule is CC(C)CCN(C)C(=O)c1cccc(S(N)(=O)=O)c1. The summed E-state index contributed by atoms with van der Waals surface area (Å²) in [5, 5.41) is 5.05. The Morgan fingerprint density at radius 1 is 1.37 bits per heavy atom. The van der Waals surface area contributed by atoms with Crippen molar-refractivity contribution in [3.8, 4) is 0 Å². The van der Waals surface area contributed by atoms with Crippen LogP contribution in [0.1, 0.15) is 30.6 Å². The number of primary sulfonamides is 1. The second kappa shape index (κ2) is 6.16. The highest BCUT2D eigenvalue weighted by Crippen LogP contribution is 2.12. The molecule has 0 saturated carbocycles. The molecule has 0 radical (unpaired) electrons. The van der Waals surface area contributed by atoms with Gasteiger partial charge in [0, 0.05) is 19.2 Å². The Morgan fingerprint density at radius 3 is 2.53 bits per heavy atom. The maximum absolute atomic E-state index is 12.1. The molecular weight excluding hydrogens is 264 g/mol. The molecule has 0 unspecified atom stereocenters. The van der Waals surface area contributed by atoms with E-state index in [4.69, 9.17) is 5.14 Å². The summed E-state index contributed by atoms with van der Waals surface area (Å²) in [6.45, 7) is 4.80. The number of rotatable bonds is 5. The van der Waals surface area contributed by atoms with Crippen molar-refractivity contribution in [2.45, 2.75) is 25.2 Å². The van der Waals surface area contributed by atoms with Crippen LogP contribution < -0.4 is 5.14 Å². The molecule has 0 aromatic heterocycles. The number of benzene rings is 1. The average molecular weight is 284 g/mol. The summed E-state index contributed by atoms with van der Waals surface area (Å²) < 4.78 is 22.5. The molecule has 0 fully saturated rings. The van der Waals surface area contributed by atoms with Crippen LogP contribution in [0.5, 0.6) is 0 Å². The van der Waals surface area contributed by atoms with Crippen molar-refractivity contribution < 1.29 is 13.2 Å². The van der Waals surface area contributed by atoms with Gasteiger partial charge in [-0.05, 0) is 30.5 Å². The molecule has 2 N–H and O–H groups in total. The smallest absolute Gasteiger partial charge is 0.253 e. The number of sulfonamides is 1. The van der Waals surface area contributed by atoms with E-state index in [1.807, 2.05) is 0 Å². The molecule has 106 valence electrons. The van der Waals surface area contributed by atoms with E-state index in [0.717, 1.165) is 6.42 Å². The van der Waals surface area contributed by atoms with Gasteiger partial charge in [0.05, 0.1) is 4.90 Å². The van der Waals surface area contributed by atoms with Crippen molar-refractivity contribution in [3.05, 3.63) is 29.8 Å². The fourth-order valence-electron chi connectivity index (χ4n) is 1.58. The van der Waals surface area contributed by atoms with E-state index >= 15 is 0 Å². The van der Waals surface area contributed by atoms with Crippen LogP contribution in [0.2, 0.25) is 0 Å². The number of amides is 1. The van der Waals surface area contributed by atoms with E-state index in [1.54, 1.807) is 18.0 Å². The van der Waals surface area contributed by atoms with Crippen molar-refractivity contribution in [1.29, 1.82) is 0 Å². The monoisotopic (exact) mass is 284 g/mol. The first-order valence-electron chi connectivity index (χ1n) is 6.10. The number of nitrogens with zero attached hydrogens (tertiary/aromatic N) is 1. The average Bonchev–Trinajstić information content (AvgIpc) is 2.34. The molecule has 0 heterocycles. The van der Waals surface area contributed by atoms with Crippen LogP contribution in [0.3, 0.4) is 0 Å². The van der Waals surface area contributed by atoms with E-state index < -0.39 is 10.0 Å². The number of hydrogen-bond acceptors (Lipinski definition) is 3. The van der Waals surface area contributed by atoms with Crippen LogP contribution in [0.4, 0.5) is 0 Å². The minimum absolute atomic E-state index is 0.0457. The second-order valence-corrected chi connectivity index (χ2v) is 6.54. The molecule has 1 rings (SSSR count). The minimum Gasteiger partial charge on any atom is -0.342 e. The molecule has 0 aliphatic heterocycles. The van der Waals surface area contributed by atoms with Crippen LogP contribution >= 0.6 is 0 Å². The van der Waals surface area contributed by atoms with Crippen molar-refractivity contribution in [2.75, 3.05) is 13.6 Å². The normalized spacial score (nSPS) is 11.6. The largest absolute Gasteiger partial charge is 0.342 e. The summed E-state index contributed by atoms with van der Waals surface area (Å²) in [5.74, 6) is 0.303. The lowest BCUT2D eigenvalue weighted by Gasteiger charge is -2.18. The molecule has 0 aliphatic rings. The summed E-state index contributed by atoms with van der Waals surface area (Å²) in [4.78, 5) is 13.7. The Morgan fingerprint density at radius 2 is 2.00 bits per heavy atom. The molecule has 1 aromatic rings. The van der Waals surface area contributed by atoms with E-state index in [-0.39, 0.29) is 10.8 Å². The Bertz CT molecular complexity index is 553. The van der Waals surface area contributed by atoms with E-state index in [1.165, 1.54) is 18.2 Å². The maximum atomic E-state index is 12.1. The second-order valence-electron chi connectivity index (χ2n) is 4.98. The fourth-order valence-corrected chi connectivity index (χ4v) is 2.14. The molecule has 0 aliphatic carbocycles. The molecule has 19 heavy (non-hydrogen) atoms. The zero-order chi connectivity index (χ0) is 14.6. The quantitative estimate of drug-likeness (QED) is 0.888. The van der Waals surface area contributed by atoms with Gasteiger partial charge in [0.25, 0.3) is 5.91 Å². The van der Waals surface area contributed by atoms with Gasteiger partial charge in [-0.1, -0.05) is 19.9 Å². The van der Waals surface area contributed by atoms with Crippen LogP contribution in [-0.2, 0) is 10.0 Å². The van der Waals surface area contributed by atoms with Gasteiger partial charge in [-0.15, -0.1) is 0 Å². The minimum atomic E-state index is -3.78. The summed E-state index contributed by atoms with van der Waals surface area (Å²) in [6.07, 6.45) is 0.900. The first kappa shape index (κ1) is 15.7. The number of carbonyl (C=O) groups is 1. The van der Waals surface area contributed by atoms with Gasteiger partial charge in [0.2, 0.25) is 10.0 Å². The predicted octanol–water partition coefficient (Wildman–Crippen LogP) is 1.45. The van der Waals surface area contributed by atoms with Gasteiger partial charge in [-0.2, -0.15) is 0 Å². The molecule has 6 heteroatoms. The third kappa shape index (κ3) is 4.65. The highest BCUT2D eigenvalue weighted by atomic mass is 32.2. The van der Waals surface area contributed by atoms with Gasteiger partial charge in [0.15, 0.2) is 0 Å². The molecule has 0 atom stereocenters. The first-order valence-corrected chi connectivity index (χ1v) is 7.64. The van der Waals surface area contributed by atoms with Crippen molar-refractivity contribution >= 4 is 15.9 Å². The highest BCUT2D eigenvalue weighted by Gasteiger charge is 2.15. The zero-order valence-corrected chi connectivity index (χ0v) is 12.3. The topological polar surface area (TPSA) is 80.5 Å². The molecule has 0 spiro atoms. The Hall–Kier alpha value is -1.40. The number of nitrogens with two attached hydrogens (primary N) is 1. The van der Waals surface area contributed by atoms with Gasteiger partial charge in [-0.25, -0.2) is 13.6 Å². The summed E-state index contributed by atoms with van der Waals surface area (Å²) in [5.41, 5.74) is 0.331. The third-order valence-corrected chi connectivity index (χ3v) is 3.71. The van der Waals surface area contributed by atoms with Gasteiger partial charge >= 0.3 is 0 Å². The van der Waals surface area contributed by atoms with E-state index in [0.29, 0.717) is 18.0 Å². The maximum Gasteiger partial charge on any atom is 0.253 e. The molecule has 1 aromatic carbocycles. The first-order chi connectivity index (χ1) is 8.71. The summed E-state index contributed by atoms with van der Waals surface area (Å²) >= 11 is 0. The Labute approximate surface area is 114 Å². The van der Waals surface area contributed by atoms with Crippen LogP contribution in [0.25, 0.3) is 0 Å². The van der Waals surface area contributed by atoms with E-state index in [2.05, 4.69) is 13.8 Å². The van der Waals surface area contributed by atoms with Gasteiger partial charge < -0.3 is 4.90 Å².